The fourth-order valence-corrected chi connectivity index (χ4v) is 3.42. The number of carbonyl (C=O) groups excluding carboxylic acids is 1. The van der Waals surface area contributed by atoms with Crippen LogP contribution in [-0.2, 0) is 18.3 Å². The molecule has 1 aromatic carbocycles. The highest BCUT2D eigenvalue weighted by molar-refractivity contribution is 5.76. The smallest absolute Gasteiger partial charge is 0.223 e. The molecule has 0 saturated carbocycles. The van der Waals surface area contributed by atoms with Crippen LogP contribution in [0, 0.1) is 0 Å². The van der Waals surface area contributed by atoms with E-state index in [1.54, 1.807) is 13.3 Å². The maximum atomic E-state index is 12.7. The van der Waals surface area contributed by atoms with Crippen LogP contribution in [0.4, 0.5) is 0 Å². The number of hydrogen-bond donors (Lipinski definition) is 0. The van der Waals surface area contributed by atoms with Gasteiger partial charge in [0.15, 0.2) is 0 Å². The first-order valence-corrected chi connectivity index (χ1v) is 8.68. The first-order valence-electron chi connectivity index (χ1n) is 8.68. The topological polar surface area (TPSA) is 50.6 Å². The van der Waals surface area contributed by atoms with Crippen molar-refractivity contribution in [2.75, 3.05) is 33.8 Å². The van der Waals surface area contributed by atoms with Crippen LogP contribution in [-0.4, -0.2) is 59.3 Å². The second-order valence-electron chi connectivity index (χ2n) is 6.52. The van der Waals surface area contributed by atoms with Crippen molar-refractivity contribution in [2.24, 2.45) is 7.05 Å². The van der Waals surface area contributed by atoms with Gasteiger partial charge in [0.25, 0.3) is 0 Å². The summed E-state index contributed by atoms with van der Waals surface area (Å²) in [6, 6.07) is 10.2. The van der Waals surface area contributed by atoms with E-state index in [0.717, 1.165) is 36.5 Å². The molecule has 1 saturated heterocycles. The number of rotatable bonds is 5. The molecule has 0 N–H and O–H groups in total. The summed E-state index contributed by atoms with van der Waals surface area (Å²) < 4.78 is 7.34. The monoisotopic (exact) mass is 342 g/mol. The lowest BCUT2D eigenvalue weighted by atomic mass is 10.0. The van der Waals surface area contributed by atoms with E-state index in [-0.39, 0.29) is 11.9 Å². The Bertz CT molecular complexity index is 728. The van der Waals surface area contributed by atoms with Gasteiger partial charge >= 0.3 is 0 Å². The van der Waals surface area contributed by atoms with Crippen molar-refractivity contribution < 1.29 is 9.53 Å². The molecule has 6 heteroatoms. The zero-order chi connectivity index (χ0) is 17.8. The molecule has 0 unspecified atom stereocenters. The van der Waals surface area contributed by atoms with Gasteiger partial charge in [0.1, 0.15) is 5.75 Å². The normalized spacial score (nSPS) is 18.4. The molecule has 2 aromatic rings. The van der Waals surface area contributed by atoms with E-state index >= 15 is 0 Å². The first kappa shape index (κ1) is 17.5. The van der Waals surface area contributed by atoms with Crippen molar-refractivity contribution >= 4 is 5.91 Å². The van der Waals surface area contributed by atoms with Crippen LogP contribution in [0.3, 0.4) is 0 Å². The van der Waals surface area contributed by atoms with Gasteiger partial charge in [0.2, 0.25) is 5.91 Å². The zero-order valence-electron chi connectivity index (χ0n) is 15.2. The SMILES string of the molecule is COc1ccccc1[C@H]1CN(C(=O)CCc2ccnn2C)CCN1C. The molecule has 6 nitrogen and oxygen atoms in total. The van der Waals surface area contributed by atoms with Crippen molar-refractivity contribution in [3.05, 3.63) is 47.8 Å². The number of likely N-dealkylation sites (N-methyl/N-ethyl adjacent to an activating group) is 1. The summed E-state index contributed by atoms with van der Waals surface area (Å²) in [7, 11) is 5.71. The molecule has 0 aliphatic carbocycles. The molecule has 1 aromatic heterocycles. The maximum Gasteiger partial charge on any atom is 0.223 e. The van der Waals surface area contributed by atoms with Crippen LogP contribution in [0.15, 0.2) is 36.5 Å². The highest BCUT2D eigenvalue weighted by atomic mass is 16.5. The lowest BCUT2D eigenvalue weighted by Gasteiger charge is -2.40. The first-order chi connectivity index (χ1) is 12.1. The van der Waals surface area contributed by atoms with Gasteiger partial charge < -0.3 is 9.64 Å². The minimum absolute atomic E-state index is 0.158. The van der Waals surface area contributed by atoms with Gasteiger partial charge in [-0.1, -0.05) is 18.2 Å². The molecular formula is C19H26N4O2. The van der Waals surface area contributed by atoms with E-state index in [4.69, 9.17) is 4.74 Å². The van der Waals surface area contributed by atoms with Gasteiger partial charge in [-0.2, -0.15) is 5.10 Å². The fraction of sp³-hybridized carbons (Fsp3) is 0.474. The third-order valence-electron chi connectivity index (χ3n) is 5.02. The van der Waals surface area contributed by atoms with E-state index in [1.807, 2.05) is 40.9 Å². The second-order valence-corrected chi connectivity index (χ2v) is 6.52. The molecule has 1 fully saturated rings. The van der Waals surface area contributed by atoms with Crippen LogP contribution >= 0.6 is 0 Å². The van der Waals surface area contributed by atoms with Crippen molar-refractivity contribution in [1.82, 2.24) is 19.6 Å². The van der Waals surface area contributed by atoms with Crippen molar-refractivity contribution in [3.8, 4) is 5.75 Å². The number of ether oxygens (including phenoxy) is 1. The van der Waals surface area contributed by atoms with Crippen molar-refractivity contribution in [2.45, 2.75) is 18.9 Å². The number of amides is 1. The molecule has 1 aliphatic heterocycles. The summed E-state index contributed by atoms with van der Waals surface area (Å²) in [5.74, 6) is 1.08. The third-order valence-corrected chi connectivity index (χ3v) is 5.02. The van der Waals surface area contributed by atoms with Gasteiger partial charge in [-0.05, 0) is 25.6 Å². The largest absolute Gasteiger partial charge is 0.496 e. The quantitative estimate of drug-likeness (QED) is 0.832. The van der Waals surface area contributed by atoms with E-state index in [0.29, 0.717) is 13.0 Å². The number of piperazine rings is 1. The molecule has 0 bridgehead atoms. The minimum atomic E-state index is 0.158. The number of benzene rings is 1. The number of carbonyl (C=O) groups is 1. The average Bonchev–Trinajstić information content (AvgIpc) is 3.05. The summed E-state index contributed by atoms with van der Waals surface area (Å²) in [5.41, 5.74) is 2.22. The van der Waals surface area contributed by atoms with Crippen molar-refractivity contribution in [1.29, 1.82) is 0 Å². The van der Waals surface area contributed by atoms with E-state index in [1.165, 1.54) is 0 Å². The summed E-state index contributed by atoms with van der Waals surface area (Å²) in [5, 5.41) is 4.16. The van der Waals surface area contributed by atoms with Gasteiger partial charge in [0, 0.05) is 50.6 Å². The highest BCUT2D eigenvalue weighted by Crippen LogP contribution is 2.31. The van der Waals surface area contributed by atoms with Gasteiger partial charge in [-0.15, -0.1) is 0 Å². The Kier molecular flexibility index (Phi) is 5.38. The van der Waals surface area contributed by atoms with Crippen LogP contribution in [0.5, 0.6) is 5.75 Å². The highest BCUT2D eigenvalue weighted by Gasteiger charge is 2.29. The molecule has 134 valence electrons. The van der Waals surface area contributed by atoms with Gasteiger partial charge in [-0.3, -0.25) is 14.4 Å². The molecule has 25 heavy (non-hydrogen) atoms. The predicted octanol–water partition coefficient (Wildman–Crippen LogP) is 1.88. The molecule has 1 aliphatic rings. The molecule has 3 rings (SSSR count). The number of aryl methyl sites for hydroxylation is 2. The summed E-state index contributed by atoms with van der Waals surface area (Å²) in [6.07, 6.45) is 3.01. The predicted molar refractivity (Wildman–Crippen MR) is 96.5 cm³/mol. The summed E-state index contributed by atoms with van der Waals surface area (Å²) >= 11 is 0. The van der Waals surface area contributed by atoms with Crippen LogP contribution < -0.4 is 4.74 Å². The average molecular weight is 342 g/mol. The maximum absolute atomic E-state index is 12.7. The fourth-order valence-electron chi connectivity index (χ4n) is 3.42. The number of aromatic nitrogens is 2. The second kappa shape index (κ2) is 7.70. The van der Waals surface area contributed by atoms with E-state index in [2.05, 4.69) is 23.1 Å². The molecule has 1 atom stereocenters. The Labute approximate surface area is 149 Å². The van der Waals surface area contributed by atoms with Gasteiger partial charge in [0.05, 0.1) is 13.2 Å². The number of methoxy groups -OCH3 is 1. The molecule has 1 amide bonds. The van der Waals surface area contributed by atoms with E-state index < -0.39 is 0 Å². The minimum Gasteiger partial charge on any atom is -0.496 e. The van der Waals surface area contributed by atoms with Gasteiger partial charge in [-0.25, -0.2) is 0 Å². The lowest BCUT2D eigenvalue weighted by molar-refractivity contribution is -0.134. The Morgan fingerprint density at radius 1 is 1.24 bits per heavy atom. The standard InChI is InChI=1S/C19H26N4O2/c1-21-12-13-23(19(24)9-8-15-10-11-20-22(15)2)14-17(21)16-6-4-5-7-18(16)25-3/h4-7,10-11,17H,8-9,12-14H2,1-3H3/t17-/m1/s1. The summed E-state index contributed by atoms with van der Waals surface area (Å²) in [4.78, 5) is 17.0. The lowest BCUT2D eigenvalue weighted by Crippen LogP contribution is -2.49. The number of para-hydroxylation sites is 1. The van der Waals surface area contributed by atoms with Crippen molar-refractivity contribution in [3.63, 3.8) is 0 Å². The molecule has 0 radical (unpaired) electrons. The van der Waals surface area contributed by atoms with Crippen LogP contribution in [0.25, 0.3) is 0 Å². The molecular weight excluding hydrogens is 316 g/mol. The molecule has 2 heterocycles. The van der Waals surface area contributed by atoms with Crippen LogP contribution in [0.2, 0.25) is 0 Å². The van der Waals surface area contributed by atoms with Crippen LogP contribution in [0.1, 0.15) is 23.7 Å². The summed E-state index contributed by atoms with van der Waals surface area (Å²) in [6.45, 7) is 2.33. The third kappa shape index (κ3) is 3.85. The number of hydrogen-bond acceptors (Lipinski definition) is 4. The Hall–Kier alpha value is -2.34. The Morgan fingerprint density at radius 3 is 2.76 bits per heavy atom. The Balaban J connectivity index is 1.67. The molecule has 0 spiro atoms. The number of nitrogens with zero attached hydrogens (tertiary/aromatic N) is 4. The zero-order valence-corrected chi connectivity index (χ0v) is 15.2. The Morgan fingerprint density at radius 2 is 2.04 bits per heavy atom. The van der Waals surface area contributed by atoms with E-state index in [9.17, 15) is 4.79 Å².